The van der Waals surface area contributed by atoms with E-state index in [-0.39, 0.29) is 5.41 Å². The average Bonchev–Trinajstić information content (AvgIpc) is 2.72. The Morgan fingerprint density at radius 3 is 3.14 bits per heavy atom. The van der Waals surface area contributed by atoms with E-state index in [1.165, 1.54) is 17.7 Å². The summed E-state index contributed by atoms with van der Waals surface area (Å²) in [5, 5.41) is 0. The molecule has 14 heavy (non-hydrogen) atoms. The molecule has 1 unspecified atom stereocenters. The third-order valence-electron chi connectivity index (χ3n) is 3.66. The maximum Gasteiger partial charge on any atom is 0.0284 e. The third kappa shape index (κ3) is 0.802. The predicted octanol–water partition coefficient (Wildman–Crippen LogP) is 3.28. The number of hydrogen-bond donors (Lipinski definition) is 1. The molecule has 1 atom stereocenters. The van der Waals surface area contributed by atoms with Crippen LogP contribution in [0.2, 0.25) is 0 Å². The van der Waals surface area contributed by atoms with Crippen molar-refractivity contribution >= 4 is 0 Å². The Kier molecular flexibility index (Phi) is 1.40. The molecule has 1 nitrogen and oxygen atoms in total. The number of nitrogens with one attached hydrogen (secondary N) is 1. The van der Waals surface area contributed by atoms with E-state index in [0.29, 0.717) is 5.92 Å². The molecule has 1 heterocycles. The van der Waals surface area contributed by atoms with Gasteiger partial charge in [-0.1, -0.05) is 37.6 Å². The molecule has 0 saturated heterocycles. The van der Waals surface area contributed by atoms with Gasteiger partial charge in [0.15, 0.2) is 0 Å². The first-order chi connectivity index (χ1) is 6.71. The van der Waals surface area contributed by atoms with Crippen molar-refractivity contribution in [3.05, 3.63) is 47.3 Å². The first-order valence-corrected chi connectivity index (χ1v) is 5.26. The Morgan fingerprint density at radius 2 is 2.29 bits per heavy atom. The highest BCUT2D eigenvalue weighted by Gasteiger charge is 2.42. The van der Waals surface area contributed by atoms with Gasteiger partial charge in [0.2, 0.25) is 0 Å². The van der Waals surface area contributed by atoms with Gasteiger partial charge in [0.05, 0.1) is 0 Å². The topological polar surface area (TPSA) is 15.8 Å². The lowest BCUT2D eigenvalue weighted by atomic mass is 9.80. The van der Waals surface area contributed by atoms with Crippen LogP contribution in [0.4, 0.5) is 0 Å². The molecule has 1 aromatic heterocycles. The van der Waals surface area contributed by atoms with Crippen LogP contribution in [-0.2, 0) is 5.41 Å². The van der Waals surface area contributed by atoms with Crippen LogP contribution in [-0.4, -0.2) is 4.98 Å². The zero-order valence-electron chi connectivity index (χ0n) is 8.67. The molecule has 1 N–H and O–H groups in total. The molecule has 0 aromatic carbocycles. The standard InChI is InChI=1S/C13H15N/c1-13(2)11-6-4-3-5-9(11)10-7-8-14-12(10)13/h3-4,6-9,14H,5H2,1-2H3. The fourth-order valence-corrected chi connectivity index (χ4v) is 2.93. The van der Waals surface area contributed by atoms with E-state index in [2.05, 4.69) is 49.3 Å². The number of allylic oxidation sites excluding steroid dienone is 4. The van der Waals surface area contributed by atoms with Crippen molar-refractivity contribution in [3.8, 4) is 0 Å². The Balaban J connectivity index is 2.25. The highest BCUT2D eigenvalue weighted by atomic mass is 14.7. The molecular formula is C13H15N. The molecule has 0 bridgehead atoms. The Morgan fingerprint density at radius 1 is 1.43 bits per heavy atom. The van der Waals surface area contributed by atoms with Crippen molar-refractivity contribution in [1.29, 1.82) is 0 Å². The van der Waals surface area contributed by atoms with Crippen molar-refractivity contribution in [3.63, 3.8) is 0 Å². The summed E-state index contributed by atoms with van der Waals surface area (Å²) in [6.07, 6.45) is 10.00. The minimum Gasteiger partial charge on any atom is -0.364 e. The van der Waals surface area contributed by atoms with E-state index in [1.807, 2.05) is 0 Å². The zero-order chi connectivity index (χ0) is 9.76. The summed E-state index contributed by atoms with van der Waals surface area (Å²) >= 11 is 0. The van der Waals surface area contributed by atoms with Crippen LogP contribution in [0, 0.1) is 0 Å². The second-order valence-corrected chi connectivity index (χ2v) is 4.77. The van der Waals surface area contributed by atoms with Crippen molar-refractivity contribution < 1.29 is 0 Å². The molecule has 1 heteroatoms. The van der Waals surface area contributed by atoms with Crippen molar-refractivity contribution in [2.75, 3.05) is 0 Å². The van der Waals surface area contributed by atoms with E-state index < -0.39 is 0 Å². The summed E-state index contributed by atoms with van der Waals surface area (Å²) in [6, 6.07) is 2.24. The van der Waals surface area contributed by atoms with Gasteiger partial charge in [-0.15, -0.1) is 0 Å². The summed E-state index contributed by atoms with van der Waals surface area (Å²) in [6.45, 7) is 4.63. The number of aromatic nitrogens is 1. The zero-order valence-corrected chi connectivity index (χ0v) is 8.67. The van der Waals surface area contributed by atoms with Gasteiger partial charge in [0.25, 0.3) is 0 Å². The van der Waals surface area contributed by atoms with Gasteiger partial charge in [-0.25, -0.2) is 0 Å². The number of H-pyrrole nitrogens is 1. The summed E-state index contributed by atoms with van der Waals surface area (Å²) < 4.78 is 0. The van der Waals surface area contributed by atoms with Gasteiger partial charge in [-0.2, -0.15) is 0 Å². The summed E-state index contributed by atoms with van der Waals surface area (Å²) in [4.78, 5) is 3.40. The molecule has 3 rings (SSSR count). The number of aromatic amines is 1. The van der Waals surface area contributed by atoms with Gasteiger partial charge in [-0.05, 0) is 18.1 Å². The Hall–Kier alpha value is -1.24. The SMILES string of the molecule is CC1(C)C2=CC=CCC2c2cc[nH]c21. The number of rotatable bonds is 0. The Labute approximate surface area is 84.5 Å². The normalized spacial score (nSPS) is 27.0. The molecule has 0 amide bonds. The smallest absolute Gasteiger partial charge is 0.0284 e. The fraction of sp³-hybridized carbons (Fsp3) is 0.385. The monoisotopic (exact) mass is 185 g/mol. The molecular weight excluding hydrogens is 170 g/mol. The molecule has 2 aliphatic carbocycles. The fourth-order valence-electron chi connectivity index (χ4n) is 2.93. The minimum absolute atomic E-state index is 0.203. The molecule has 0 saturated carbocycles. The lowest BCUT2D eigenvalue weighted by Crippen LogP contribution is -2.18. The van der Waals surface area contributed by atoms with E-state index in [0.717, 1.165) is 0 Å². The Bertz CT molecular complexity index is 432. The van der Waals surface area contributed by atoms with Gasteiger partial charge in [0.1, 0.15) is 0 Å². The van der Waals surface area contributed by atoms with Gasteiger partial charge in [-0.3, -0.25) is 0 Å². The van der Waals surface area contributed by atoms with Crippen LogP contribution in [0.25, 0.3) is 0 Å². The summed E-state index contributed by atoms with van der Waals surface area (Å²) in [5.41, 5.74) is 4.69. The molecule has 0 radical (unpaired) electrons. The molecule has 72 valence electrons. The van der Waals surface area contributed by atoms with E-state index in [4.69, 9.17) is 0 Å². The van der Waals surface area contributed by atoms with Gasteiger partial charge >= 0.3 is 0 Å². The van der Waals surface area contributed by atoms with Crippen molar-refractivity contribution in [1.82, 2.24) is 4.98 Å². The maximum atomic E-state index is 3.40. The second-order valence-electron chi connectivity index (χ2n) is 4.77. The summed E-state index contributed by atoms with van der Waals surface area (Å²) in [5.74, 6) is 0.635. The minimum atomic E-state index is 0.203. The molecule has 1 aromatic rings. The molecule has 2 aliphatic rings. The summed E-state index contributed by atoms with van der Waals surface area (Å²) in [7, 11) is 0. The first-order valence-electron chi connectivity index (χ1n) is 5.26. The van der Waals surface area contributed by atoms with Gasteiger partial charge in [0, 0.05) is 23.2 Å². The van der Waals surface area contributed by atoms with Crippen LogP contribution in [0.1, 0.15) is 37.4 Å². The average molecular weight is 185 g/mol. The van der Waals surface area contributed by atoms with Gasteiger partial charge < -0.3 is 4.98 Å². The van der Waals surface area contributed by atoms with E-state index in [1.54, 1.807) is 5.57 Å². The predicted molar refractivity (Wildman–Crippen MR) is 58.4 cm³/mol. The highest BCUT2D eigenvalue weighted by Crippen LogP contribution is 2.51. The van der Waals surface area contributed by atoms with Crippen molar-refractivity contribution in [2.45, 2.75) is 31.6 Å². The van der Waals surface area contributed by atoms with Crippen LogP contribution < -0.4 is 0 Å². The van der Waals surface area contributed by atoms with Crippen LogP contribution in [0.5, 0.6) is 0 Å². The molecule has 0 aliphatic heterocycles. The molecule has 0 fully saturated rings. The quantitative estimate of drug-likeness (QED) is 0.638. The van der Waals surface area contributed by atoms with Crippen LogP contribution >= 0.6 is 0 Å². The number of fused-ring (bicyclic) bond motifs is 3. The molecule has 0 spiro atoms. The first kappa shape index (κ1) is 8.10. The second kappa shape index (κ2) is 2.41. The highest BCUT2D eigenvalue weighted by molar-refractivity contribution is 5.53. The van der Waals surface area contributed by atoms with E-state index in [9.17, 15) is 0 Å². The van der Waals surface area contributed by atoms with Crippen LogP contribution in [0.3, 0.4) is 0 Å². The van der Waals surface area contributed by atoms with Crippen molar-refractivity contribution in [2.24, 2.45) is 0 Å². The van der Waals surface area contributed by atoms with Crippen LogP contribution in [0.15, 0.2) is 36.1 Å². The third-order valence-corrected chi connectivity index (χ3v) is 3.66. The number of hydrogen-bond acceptors (Lipinski definition) is 0. The lowest BCUT2D eigenvalue weighted by Gasteiger charge is -2.25. The largest absolute Gasteiger partial charge is 0.364 e. The lowest BCUT2D eigenvalue weighted by molar-refractivity contribution is 0.597. The van der Waals surface area contributed by atoms with E-state index >= 15 is 0 Å². The maximum absolute atomic E-state index is 3.40.